The maximum Gasteiger partial charge on any atom is 0.442 e. The molecule has 2 aromatic heterocycles. The summed E-state index contributed by atoms with van der Waals surface area (Å²) < 4.78 is 11.9. The van der Waals surface area contributed by atoms with Crippen molar-refractivity contribution in [3.63, 3.8) is 0 Å². The fourth-order valence-electron chi connectivity index (χ4n) is 4.65. The van der Waals surface area contributed by atoms with Crippen molar-refractivity contribution < 1.29 is 23.5 Å². The van der Waals surface area contributed by atoms with E-state index in [2.05, 4.69) is 22.7 Å². The summed E-state index contributed by atoms with van der Waals surface area (Å²) in [5, 5.41) is 5.65. The number of carbonyl (C=O) groups excluding carboxylic acids is 2. The third-order valence-electron chi connectivity index (χ3n) is 6.53. The monoisotopic (exact) mass is 550 g/mol. The minimum atomic E-state index is -0.644. The number of aromatic nitrogens is 2. The SMILES string of the molecule is CCOC(=O)c1c(NC(=O)C(C)Sc2c(=O)o[nH][n+]2-c2ccccc2)sc2c1CCC(c1ccccc1)C2. The predicted octanol–water partition coefficient (Wildman–Crippen LogP) is 4.87. The van der Waals surface area contributed by atoms with Gasteiger partial charge in [-0.15, -0.1) is 11.3 Å². The quantitative estimate of drug-likeness (QED) is 0.184. The molecule has 5 rings (SSSR count). The first-order valence-corrected chi connectivity index (χ1v) is 14.2. The number of nitrogens with one attached hydrogen (secondary N) is 2. The first-order chi connectivity index (χ1) is 18.5. The van der Waals surface area contributed by atoms with Crippen molar-refractivity contribution in [2.24, 2.45) is 0 Å². The number of fused-ring (bicyclic) bond motifs is 1. The molecule has 8 nitrogen and oxygen atoms in total. The van der Waals surface area contributed by atoms with Crippen molar-refractivity contribution in [1.29, 1.82) is 0 Å². The van der Waals surface area contributed by atoms with Gasteiger partial charge >= 0.3 is 16.6 Å². The fourth-order valence-corrected chi connectivity index (χ4v) is 6.85. The van der Waals surface area contributed by atoms with Gasteiger partial charge in [0.05, 0.1) is 17.4 Å². The molecule has 0 spiro atoms. The lowest BCUT2D eigenvalue weighted by molar-refractivity contribution is -0.704. The van der Waals surface area contributed by atoms with E-state index in [-0.39, 0.29) is 17.5 Å². The molecule has 2 heterocycles. The number of carbonyl (C=O) groups is 2. The third kappa shape index (κ3) is 5.32. The van der Waals surface area contributed by atoms with E-state index in [1.54, 1.807) is 13.8 Å². The van der Waals surface area contributed by atoms with Crippen molar-refractivity contribution in [1.82, 2.24) is 5.27 Å². The van der Waals surface area contributed by atoms with E-state index in [1.165, 1.54) is 21.6 Å². The lowest BCUT2D eigenvalue weighted by atomic mass is 9.83. The van der Waals surface area contributed by atoms with Gasteiger partial charge in [0.2, 0.25) is 11.6 Å². The van der Waals surface area contributed by atoms with Gasteiger partial charge in [-0.1, -0.05) is 48.5 Å². The summed E-state index contributed by atoms with van der Waals surface area (Å²) >= 11 is 2.52. The van der Waals surface area contributed by atoms with Crippen LogP contribution < -0.4 is 15.6 Å². The molecule has 0 saturated carbocycles. The molecule has 2 unspecified atom stereocenters. The van der Waals surface area contributed by atoms with Gasteiger partial charge in [-0.25, -0.2) is 9.59 Å². The first kappa shape index (κ1) is 26.0. The molecule has 0 saturated heterocycles. The Hall–Kier alpha value is -3.63. The smallest absolute Gasteiger partial charge is 0.442 e. The third-order valence-corrected chi connectivity index (χ3v) is 8.84. The highest BCUT2D eigenvalue weighted by Crippen LogP contribution is 2.43. The van der Waals surface area contributed by atoms with Crippen molar-refractivity contribution in [3.05, 3.63) is 92.7 Å². The minimum absolute atomic E-state index is 0.248. The zero-order valence-corrected chi connectivity index (χ0v) is 22.7. The standard InChI is InChI=1S/C28H27N3O5S2/c1-3-35-27(33)23-21-15-14-19(18-10-6-4-7-11-18)16-22(21)38-25(23)29-24(32)17(2)37-26-28(34)36-30-31(26)20-12-8-5-9-13-20/h4-13,17,19H,3,14-16H2,1-2H3,(H-,29,30,32,33,34)/p+1. The lowest BCUT2D eigenvalue weighted by Gasteiger charge is -2.23. The number of rotatable bonds is 8. The van der Waals surface area contributed by atoms with Crippen LogP contribution in [-0.2, 0) is 22.4 Å². The molecule has 1 amide bonds. The van der Waals surface area contributed by atoms with Crippen LogP contribution in [0, 0.1) is 0 Å². The van der Waals surface area contributed by atoms with Crippen LogP contribution in [0.15, 0.2) is 75.0 Å². The number of hydrogen-bond acceptors (Lipinski definition) is 7. The van der Waals surface area contributed by atoms with Crippen molar-refractivity contribution >= 4 is 40.0 Å². The van der Waals surface area contributed by atoms with E-state index in [1.807, 2.05) is 48.5 Å². The van der Waals surface area contributed by atoms with Crippen molar-refractivity contribution in [3.8, 4) is 5.69 Å². The van der Waals surface area contributed by atoms with Crippen LogP contribution in [0.3, 0.4) is 0 Å². The predicted molar refractivity (Wildman–Crippen MR) is 146 cm³/mol. The average Bonchev–Trinajstić information content (AvgIpc) is 3.48. The molecule has 38 heavy (non-hydrogen) atoms. The molecular formula is C28H28N3O5S2+. The summed E-state index contributed by atoms with van der Waals surface area (Å²) in [6.45, 7) is 3.73. The van der Waals surface area contributed by atoms with E-state index in [0.717, 1.165) is 41.5 Å². The molecule has 196 valence electrons. The second-order valence-electron chi connectivity index (χ2n) is 8.99. The number of aromatic amines is 1. The van der Waals surface area contributed by atoms with E-state index < -0.39 is 16.8 Å². The molecule has 4 aromatic rings. The van der Waals surface area contributed by atoms with Crippen LogP contribution in [0.4, 0.5) is 5.00 Å². The maximum absolute atomic E-state index is 13.3. The molecule has 0 radical (unpaired) electrons. The Kier molecular flexibility index (Phi) is 7.80. The summed E-state index contributed by atoms with van der Waals surface area (Å²) in [5.74, 6) is -0.386. The lowest BCUT2D eigenvalue weighted by Crippen LogP contribution is -2.37. The Bertz CT molecular complexity index is 1490. The van der Waals surface area contributed by atoms with Gasteiger partial charge in [-0.05, 0) is 71.9 Å². The van der Waals surface area contributed by atoms with E-state index in [4.69, 9.17) is 9.26 Å². The first-order valence-electron chi connectivity index (χ1n) is 12.5. The zero-order valence-electron chi connectivity index (χ0n) is 21.1. The van der Waals surface area contributed by atoms with Crippen LogP contribution in [0.5, 0.6) is 0 Å². The van der Waals surface area contributed by atoms with Gasteiger partial charge in [0, 0.05) is 17.0 Å². The molecule has 1 aliphatic rings. The molecule has 2 aromatic carbocycles. The highest BCUT2D eigenvalue weighted by molar-refractivity contribution is 8.00. The molecule has 10 heteroatoms. The Balaban J connectivity index is 1.38. The normalized spacial score (nSPS) is 15.5. The number of esters is 1. The molecular weight excluding hydrogens is 522 g/mol. The minimum Gasteiger partial charge on any atom is -0.462 e. The van der Waals surface area contributed by atoms with Crippen LogP contribution in [0.1, 0.15) is 52.5 Å². The van der Waals surface area contributed by atoms with Gasteiger partial charge in [0.1, 0.15) is 5.00 Å². The van der Waals surface area contributed by atoms with Crippen molar-refractivity contribution in [2.75, 3.05) is 11.9 Å². The topological polar surface area (TPSA) is 105 Å². The van der Waals surface area contributed by atoms with Gasteiger partial charge in [-0.2, -0.15) is 0 Å². The number of ether oxygens (including phenoxy) is 1. The number of benzene rings is 2. The average molecular weight is 551 g/mol. The molecule has 2 N–H and O–H groups in total. The fraction of sp³-hybridized carbons (Fsp3) is 0.286. The second-order valence-corrected chi connectivity index (χ2v) is 11.4. The number of H-pyrrole nitrogens is 1. The number of thioether (sulfide) groups is 1. The van der Waals surface area contributed by atoms with Gasteiger partial charge in [-0.3, -0.25) is 9.32 Å². The highest BCUT2D eigenvalue weighted by Gasteiger charge is 2.33. The van der Waals surface area contributed by atoms with Crippen LogP contribution in [-0.4, -0.2) is 29.0 Å². The summed E-state index contributed by atoms with van der Waals surface area (Å²) in [5.41, 5.74) is 2.83. The van der Waals surface area contributed by atoms with Crippen molar-refractivity contribution in [2.45, 2.75) is 49.3 Å². The number of nitrogens with zero attached hydrogens (tertiary/aromatic N) is 1. The number of amides is 1. The van der Waals surface area contributed by atoms with Crippen LogP contribution >= 0.6 is 23.1 Å². The Morgan fingerprint density at radius 1 is 1.18 bits per heavy atom. The summed E-state index contributed by atoms with van der Waals surface area (Å²) in [4.78, 5) is 39.8. The highest BCUT2D eigenvalue weighted by atomic mass is 32.2. The van der Waals surface area contributed by atoms with Gasteiger partial charge in [0.15, 0.2) is 0 Å². The number of anilines is 1. The number of para-hydroxylation sites is 1. The zero-order chi connectivity index (χ0) is 26.6. The Morgan fingerprint density at radius 2 is 1.89 bits per heavy atom. The second kappa shape index (κ2) is 11.4. The molecule has 1 aliphatic carbocycles. The van der Waals surface area contributed by atoms with Crippen LogP contribution in [0.25, 0.3) is 5.69 Å². The van der Waals surface area contributed by atoms with Gasteiger partial charge in [0.25, 0.3) is 0 Å². The summed E-state index contributed by atoms with van der Waals surface area (Å²) in [6, 6.07) is 19.6. The summed E-state index contributed by atoms with van der Waals surface area (Å²) in [7, 11) is 0. The van der Waals surface area contributed by atoms with Gasteiger partial charge < -0.3 is 10.1 Å². The number of thiophene rings is 1. The molecule has 2 atom stereocenters. The Morgan fingerprint density at radius 3 is 2.61 bits per heavy atom. The largest absolute Gasteiger partial charge is 0.462 e. The summed E-state index contributed by atoms with van der Waals surface area (Å²) in [6.07, 6.45) is 2.46. The van der Waals surface area contributed by atoms with E-state index in [9.17, 15) is 14.4 Å². The maximum atomic E-state index is 13.3. The molecule has 0 fully saturated rings. The molecule has 0 aliphatic heterocycles. The van der Waals surface area contributed by atoms with E-state index >= 15 is 0 Å². The number of hydrogen-bond donors (Lipinski definition) is 2. The molecule has 0 bridgehead atoms. The Labute approximate surface area is 228 Å². The van der Waals surface area contributed by atoms with E-state index in [0.29, 0.717) is 22.2 Å². The van der Waals surface area contributed by atoms with Crippen LogP contribution in [0.2, 0.25) is 0 Å².